The van der Waals surface area contributed by atoms with Crippen LogP contribution in [-0.4, -0.2) is 13.7 Å². The maximum atomic E-state index is 5.30. The summed E-state index contributed by atoms with van der Waals surface area (Å²) in [6.45, 7) is 0.895. The summed E-state index contributed by atoms with van der Waals surface area (Å²) in [5, 5.41) is 0. The van der Waals surface area contributed by atoms with Crippen molar-refractivity contribution in [2.45, 2.75) is 38.0 Å². The van der Waals surface area contributed by atoms with Gasteiger partial charge in [0.05, 0.1) is 6.61 Å². The molecule has 1 unspecified atom stereocenters. The summed E-state index contributed by atoms with van der Waals surface area (Å²) < 4.78 is 5.30. The SMILES string of the molecule is COCC1CCc2cc3c(cc21)CCC3. The van der Waals surface area contributed by atoms with Crippen molar-refractivity contribution >= 4 is 0 Å². The summed E-state index contributed by atoms with van der Waals surface area (Å²) in [5.74, 6) is 0.663. The largest absolute Gasteiger partial charge is 0.384 e. The molecule has 1 heteroatoms. The number of fused-ring (bicyclic) bond motifs is 2. The number of rotatable bonds is 2. The third kappa shape index (κ3) is 1.50. The van der Waals surface area contributed by atoms with Gasteiger partial charge in [0.2, 0.25) is 0 Å². The molecule has 0 heterocycles. The molecule has 0 aromatic heterocycles. The Morgan fingerprint density at radius 1 is 1.13 bits per heavy atom. The predicted octanol–water partition coefficient (Wildman–Crippen LogP) is 2.85. The van der Waals surface area contributed by atoms with Gasteiger partial charge in [-0.3, -0.25) is 0 Å². The van der Waals surface area contributed by atoms with E-state index in [4.69, 9.17) is 4.74 Å². The molecule has 1 atom stereocenters. The number of methoxy groups -OCH3 is 1. The molecule has 0 N–H and O–H groups in total. The molecule has 0 fully saturated rings. The van der Waals surface area contributed by atoms with E-state index in [0.29, 0.717) is 5.92 Å². The smallest absolute Gasteiger partial charge is 0.0531 e. The van der Waals surface area contributed by atoms with Gasteiger partial charge in [-0.05, 0) is 54.4 Å². The van der Waals surface area contributed by atoms with Gasteiger partial charge in [0, 0.05) is 13.0 Å². The lowest BCUT2D eigenvalue weighted by Crippen LogP contribution is -2.02. The normalized spacial score (nSPS) is 22.9. The second kappa shape index (κ2) is 3.64. The fourth-order valence-corrected chi connectivity index (χ4v) is 3.15. The molecule has 0 spiro atoms. The number of aryl methyl sites for hydroxylation is 3. The molecular weight excluding hydrogens is 184 g/mol. The van der Waals surface area contributed by atoms with Crippen molar-refractivity contribution in [2.75, 3.05) is 13.7 Å². The fraction of sp³-hybridized carbons (Fsp3) is 0.571. The quantitative estimate of drug-likeness (QED) is 0.716. The highest BCUT2D eigenvalue weighted by Gasteiger charge is 2.25. The van der Waals surface area contributed by atoms with Gasteiger partial charge < -0.3 is 4.74 Å². The number of ether oxygens (including phenoxy) is 1. The second-order valence-corrected chi connectivity index (χ2v) is 4.86. The van der Waals surface area contributed by atoms with Gasteiger partial charge in [-0.25, -0.2) is 0 Å². The van der Waals surface area contributed by atoms with Crippen LogP contribution in [0.1, 0.15) is 41.0 Å². The van der Waals surface area contributed by atoms with Crippen LogP contribution < -0.4 is 0 Å². The number of hydrogen-bond acceptors (Lipinski definition) is 1. The number of hydrogen-bond donors (Lipinski definition) is 0. The van der Waals surface area contributed by atoms with E-state index in [1.54, 1.807) is 22.3 Å². The Morgan fingerprint density at radius 3 is 2.73 bits per heavy atom. The van der Waals surface area contributed by atoms with Crippen LogP contribution >= 0.6 is 0 Å². The Bertz CT molecular complexity index is 381. The summed E-state index contributed by atoms with van der Waals surface area (Å²) in [7, 11) is 1.81. The maximum Gasteiger partial charge on any atom is 0.0531 e. The molecule has 1 aromatic carbocycles. The first kappa shape index (κ1) is 9.41. The zero-order chi connectivity index (χ0) is 10.3. The Kier molecular flexibility index (Phi) is 2.28. The van der Waals surface area contributed by atoms with E-state index in [9.17, 15) is 0 Å². The molecule has 2 aliphatic carbocycles. The van der Waals surface area contributed by atoms with Crippen LogP contribution in [-0.2, 0) is 24.0 Å². The summed E-state index contributed by atoms with van der Waals surface area (Å²) in [6.07, 6.45) is 6.50. The van der Waals surface area contributed by atoms with Crippen molar-refractivity contribution in [1.29, 1.82) is 0 Å². The van der Waals surface area contributed by atoms with Crippen molar-refractivity contribution in [3.8, 4) is 0 Å². The van der Waals surface area contributed by atoms with Gasteiger partial charge in [-0.15, -0.1) is 0 Å². The molecule has 3 rings (SSSR count). The topological polar surface area (TPSA) is 9.23 Å². The first-order chi connectivity index (χ1) is 7.38. The molecular formula is C14H18O. The van der Waals surface area contributed by atoms with Crippen molar-refractivity contribution in [3.05, 3.63) is 34.4 Å². The lowest BCUT2D eigenvalue weighted by Gasteiger charge is -2.11. The zero-order valence-corrected chi connectivity index (χ0v) is 9.38. The van der Waals surface area contributed by atoms with E-state index in [-0.39, 0.29) is 0 Å². The van der Waals surface area contributed by atoms with E-state index in [1.807, 2.05) is 7.11 Å². The van der Waals surface area contributed by atoms with Crippen LogP contribution in [0.4, 0.5) is 0 Å². The van der Waals surface area contributed by atoms with Crippen LogP contribution in [0.2, 0.25) is 0 Å². The predicted molar refractivity (Wildman–Crippen MR) is 61.4 cm³/mol. The van der Waals surface area contributed by atoms with Crippen molar-refractivity contribution < 1.29 is 4.74 Å². The Balaban J connectivity index is 1.98. The molecule has 2 aliphatic rings. The van der Waals surface area contributed by atoms with Crippen LogP contribution in [0, 0.1) is 0 Å². The summed E-state index contributed by atoms with van der Waals surface area (Å²) in [4.78, 5) is 0. The van der Waals surface area contributed by atoms with Crippen LogP contribution in [0.5, 0.6) is 0 Å². The Labute approximate surface area is 91.5 Å². The Morgan fingerprint density at radius 2 is 1.93 bits per heavy atom. The highest BCUT2D eigenvalue weighted by Crippen LogP contribution is 2.37. The van der Waals surface area contributed by atoms with Crippen molar-refractivity contribution in [3.63, 3.8) is 0 Å². The standard InChI is InChI=1S/C14H18O/c1-15-9-13-6-5-12-7-10-3-2-4-11(10)8-14(12)13/h7-8,13H,2-6,9H2,1H3. The molecule has 0 aliphatic heterocycles. The van der Waals surface area contributed by atoms with Crippen molar-refractivity contribution in [2.24, 2.45) is 0 Å². The summed E-state index contributed by atoms with van der Waals surface area (Å²) in [6, 6.07) is 4.93. The average molecular weight is 202 g/mol. The van der Waals surface area contributed by atoms with Crippen LogP contribution in [0.15, 0.2) is 12.1 Å². The minimum absolute atomic E-state index is 0.663. The van der Waals surface area contributed by atoms with Gasteiger partial charge >= 0.3 is 0 Å². The van der Waals surface area contributed by atoms with E-state index >= 15 is 0 Å². The minimum Gasteiger partial charge on any atom is -0.384 e. The van der Waals surface area contributed by atoms with E-state index in [0.717, 1.165) is 6.61 Å². The highest BCUT2D eigenvalue weighted by atomic mass is 16.5. The highest BCUT2D eigenvalue weighted by molar-refractivity contribution is 5.45. The molecule has 0 bridgehead atoms. The molecule has 1 aromatic rings. The van der Waals surface area contributed by atoms with Crippen LogP contribution in [0.3, 0.4) is 0 Å². The van der Waals surface area contributed by atoms with Crippen LogP contribution in [0.25, 0.3) is 0 Å². The molecule has 0 amide bonds. The fourth-order valence-electron chi connectivity index (χ4n) is 3.15. The molecule has 0 saturated carbocycles. The van der Waals surface area contributed by atoms with Gasteiger partial charge in [0.15, 0.2) is 0 Å². The maximum absolute atomic E-state index is 5.30. The van der Waals surface area contributed by atoms with Gasteiger partial charge in [0.1, 0.15) is 0 Å². The van der Waals surface area contributed by atoms with E-state index in [1.165, 1.54) is 32.1 Å². The molecule has 15 heavy (non-hydrogen) atoms. The van der Waals surface area contributed by atoms with Crippen molar-refractivity contribution in [1.82, 2.24) is 0 Å². The van der Waals surface area contributed by atoms with Gasteiger partial charge in [0.25, 0.3) is 0 Å². The third-order valence-electron chi connectivity index (χ3n) is 3.92. The molecule has 1 nitrogen and oxygen atoms in total. The van der Waals surface area contributed by atoms with Gasteiger partial charge in [-0.2, -0.15) is 0 Å². The molecule has 80 valence electrons. The monoisotopic (exact) mass is 202 g/mol. The first-order valence-corrected chi connectivity index (χ1v) is 6.02. The number of benzene rings is 1. The Hall–Kier alpha value is -0.820. The summed E-state index contributed by atoms with van der Waals surface area (Å²) in [5.41, 5.74) is 6.40. The molecule has 0 saturated heterocycles. The van der Waals surface area contributed by atoms with E-state index in [2.05, 4.69) is 12.1 Å². The first-order valence-electron chi connectivity index (χ1n) is 6.02. The minimum atomic E-state index is 0.663. The second-order valence-electron chi connectivity index (χ2n) is 4.86. The summed E-state index contributed by atoms with van der Waals surface area (Å²) >= 11 is 0. The lowest BCUT2D eigenvalue weighted by molar-refractivity contribution is 0.179. The zero-order valence-electron chi connectivity index (χ0n) is 9.38. The average Bonchev–Trinajstić information content (AvgIpc) is 2.82. The van der Waals surface area contributed by atoms with Gasteiger partial charge in [-0.1, -0.05) is 12.1 Å². The van der Waals surface area contributed by atoms with E-state index < -0.39 is 0 Å². The lowest BCUT2D eigenvalue weighted by atomic mass is 9.97. The third-order valence-corrected chi connectivity index (χ3v) is 3.92. The molecule has 0 radical (unpaired) electrons.